The summed E-state index contributed by atoms with van der Waals surface area (Å²) in [6, 6.07) is 0.272. The van der Waals surface area contributed by atoms with Gasteiger partial charge in [0.25, 0.3) is 6.43 Å². The first-order valence-corrected chi connectivity index (χ1v) is 5.58. The quantitative estimate of drug-likeness (QED) is 0.723. The minimum atomic E-state index is -2.39. The predicted molar refractivity (Wildman–Crippen MR) is 61.6 cm³/mol. The van der Waals surface area contributed by atoms with E-state index in [2.05, 4.69) is 4.99 Å². The average molecular weight is 231 g/mol. The lowest BCUT2D eigenvalue weighted by Crippen LogP contribution is -2.27. The second kappa shape index (κ2) is 6.58. The molecule has 5 heteroatoms. The van der Waals surface area contributed by atoms with Crippen molar-refractivity contribution in [1.29, 1.82) is 0 Å². The van der Waals surface area contributed by atoms with Crippen LogP contribution in [0, 0.1) is 5.92 Å². The number of allylic oxidation sites excluding steroid dienone is 1. The second-order valence-electron chi connectivity index (χ2n) is 4.16. The van der Waals surface area contributed by atoms with Crippen LogP contribution in [0.5, 0.6) is 0 Å². The van der Waals surface area contributed by atoms with Crippen molar-refractivity contribution in [1.82, 2.24) is 0 Å². The van der Waals surface area contributed by atoms with E-state index in [1.807, 2.05) is 0 Å². The van der Waals surface area contributed by atoms with Crippen LogP contribution in [0.2, 0.25) is 0 Å². The van der Waals surface area contributed by atoms with Gasteiger partial charge in [0.1, 0.15) is 0 Å². The summed E-state index contributed by atoms with van der Waals surface area (Å²) in [5, 5.41) is 0. The zero-order chi connectivity index (χ0) is 12.0. The molecule has 1 rings (SSSR count). The van der Waals surface area contributed by atoms with Gasteiger partial charge in [-0.2, -0.15) is 0 Å². The van der Waals surface area contributed by atoms with Crippen molar-refractivity contribution in [2.24, 2.45) is 22.4 Å². The van der Waals surface area contributed by atoms with Gasteiger partial charge in [-0.1, -0.05) is 0 Å². The van der Waals surface area contributed by atoms with E-state index in [0.717, 1.165) is 31.3 Å². The molecule has 1 saturated carbocycles. The molecule has 0 heterocycles. The smallest absolute Gasteiger partial charge is 0.257 e. The van der Waals surface area contributed by atoms with E-state index in [9.17, 15) is 8.78 Å². The van der Waals surface area contributed by atoms with Gasteiger partial charge in [0.15, 0.2) is 0 Å². The van der Waals surface area contributed by atoms with Gasteiger partial charge < -0.3 is 11.5 Å². The van der Waals surface area contributed by atoms with Crippen LogP contribution in [0.4, 0.5) is 8.78 Å². The molecule has 0 unspecified atom stereocenters. The molecule has 0 atom stereocenters. The van der Waals surface area contributed by atoms with E-state index >= 15 is 0 Å². The molecule has 0 saturated heterocycles. The highest BCUT2D eigenvalue weighted by Crippen LogP contribution is 2.28. The maximum Gasteiger partial charge on any atom is 0.257 e. The SMILES string of the molecule is N/C=C(\C=NCC(F)F)C1CCC(N)CC1. The van der Waals surface area contributed by atoms with Crippen molar-refractivity contribution in [2.45, 2.75) is 38.2 Å². The first kappa shape index (κ1) is 13.1. The van der Waals surface area contributed by atoms with Crippen molar-refractivity contribution >= 4 is 6.21 Å². The Morgan fingerprint density at radius 1 is 1.31 bits per heavy atom. The monoisotopic (exact) mass is 231 g/mol. The molecule has 0 spiro atoms. The van der Waals surface area contributed by atoms with E-state index < -0.39 is 13.0 Å². The molecule has 4 N–H and O–H groups in total. The van der Waals surface area contributed by atoms with Crippen LogP contribution in [0.15, 0.2) is 16.8 Å². The lowest BCUT2D eigenvalue weighted by molar-refractivity contribution is 0.159. The van der Waals surface area contributed by atoms with Gasteiger partial charge in [-0.05, 0) is 43.4 Å². The molecular formula is C11H19F2N3. The summed E-state index contributed by atoms with van der Waals surface area (Å²) in [5.74, 6) is 0.325. The molecule has 1 fully saturated rings. The molecule has 0 aromatic rings. The van der Waals surface area contributed by atoms with E-state index in [4.69, 9.17) is 11.5 Å². The lowest BCUT2D eigenvalue weighted by Gasteiger charge is -2.26. The van der Waals surface area contributed by atoms with Gasteiger partial charge in [-0.3, -0.25) is 4.99 Å². The topological polar surface area (TPSA) is 64.4 Å². The Labute approximate surface area is 94.6 Å². The van der Waals surface area contributed by atoms with Crippen molar-refractivity contribution in [3.05, 3.63) is 11.8 Å². The fourth-order valence-corrected chi connectivity index (χ4v) is 1.97. The Balaban J connectivity index is 2.45. The number of nitrogens with two attached hydrogens (primary N) is 2. The Bertz CT molecular complexity index is 256. The summed E-state index contributed by atoms with van der Waals surface area (Å²) in [5.41, 5.74) is 12.1. The first-order chi connectivity index (χ1) is 7.63. The fourth-order valence-electron chi connectivity index (χ4n) is 1.97. The number of alkyl halides is 2. The Morgan fingerprint density at radius 2 is 1.94 bits per heavy atom. The Hall–Kier alpha value is -0.970. The third kappa shape index (κ3) is 4.26. The second-order valence-corrected chi connectivity index (χ2v) is 4.16. The summed E-state index contributed by atoms with van der Waals surface area (Å²) in [6.07, 6.45) is 4.41. The zero-order valence-electron chi connectivity index (χ0n) is 9.28. The van der Waals surface area contributed by atoms with Crippen LogP contribution in [-0.4, -0.2) is 25.2 Å². The minimum absolute atomic E-state index is 0.272. The number of halogens is 2. The highest BCUT2D eigenvalue weighted by Gasteiger charge is 2.20. The molecule has 16 heavy (non-hydrogen) atoms. The molecule has 3 nitrogen and oxygen atoms in total. The lowest BCUT2D eigenvalue weighted by atomic mass is 9.82. The minimum Gasteiger partial charge on any atom is -0.404 e. The van der Waals surface area contributed by atoms with Gasteiger partial charge in [-0.15, -0.1) is 0 Å². The van der Waals surface area contributed by atoms with Gasteiger partial charge in [0.05, 0.1) is 6.54 Å². The first-order valence-electron chi connectivity index (χ1n) is 5.58. The zero-order valence-corrected chi connectivity index (χ0v) is 9.28. The standard InChI is InChI=1S/C11H19F2N3/c12-11(13)7-16-6-9(5-14)8-1-3-10(15)4-2-8/h5-6,8,10-11H,1-4,7,14-15H2/b9-5+,16-6?. The van der Waals surface area contributed by atoms with Crippen LogP contribution < -0.4 is 11.5 Å². The number of rotatable bonds is 4. The van der Waals surface area contributed by atoms with E-state index in [-0.39, 0.29) is 6.04 Å². The molecule has 92 valence electrons. The van der Waals surface area contributed by atoms with E-state index in [1.165, 1.54) is 12.4 Å². The molecule has 0 amide bonds. The molecule has 0 aliphatic heterocycles. The molecule has 1 aliphatic rings. The average Bonchev–Trinajstić information content (AvgIpc) is 2.26. The summed E-state index contributed by atoms with van der Waals surface area (Å²) in [7, 11) is 0. The van der Waals surface area contributed by atoms with Crippen molar-refractivity contribution < 1.29 is 8.78 Å². The summed E-state index contributed by atoms with van der Waals surface area (Å²) >= 11 is 0. The van der Waals surface area contributed by atoms with E-state index in [1.54, 1.807) is 0 Å². The normalized spacial score (nSPS) is 27.9. The van der Waals surface area contributed by atoms with Gasteiger partial charge in [0, 0.05) is 12.3 Å². The van der Waals surface area contributed by atoms with Crippen LogP contribution in [0.1, 0.15) is 25.7 Å². The van der Waals surface area contributed by atoms with Crippen LogP contribution in [0.3, 0.4) is 0 Å². The van der Waals surface area contributed by atoms with Crippen molar-refractivity contribution in [2.75, 3.05) is 6.54 Å². The third-order valence-electron chi connectivity index (χ3n) is 2.92. The Kier molecular flexibility index (Phi) is 5.38. The van der Waals surface area contributed by atoms with Gasteiger partial charge in [-0.25, -0.2) is 8.78 Å². The van der Waals surface area contributed by atoms with Crippen molar-refractivity contribution in [3.8, 4) is 0 Å². The largest absolute Gasteiger partial charge is 0.404 e. The number of hydrogen-bond acceptors (Lipinski definition) is 3. The van der Waals surface area contributed by atoms with Crippen LogP contribution in [-0.2, 0) is 0 Å². The maximum atomic E-state index is 11.9. The molecule has 0 bridgehead atoms. The number of nitrogens with zero attached hydrogens (tertiary/aromatic N) is 1. The van der Waals surface area contributed by atoms with E-state index in [0.29, 0.717) is 5.92 Å². The third-order valence-corrected chi connectivity index (χ3v) is 2.92. The number of aliphatic imine (C=N–C) groups is 1. The van der Waals surface area contributed by atoms with Crippen LogP contribution >= 0.6 is 0 Å². The highest BCUT2D eigenvalue weighted by atomic mass is 19.3. The van der Waals surface area contributed by atoms with Crippen molar-refractivity contribution in [3.63, 3.8) is 0 Å². The van der Waals surface area contributed by atoms with Gasteiger partial charge >= 0.3 is 0 Å². The fraction of sp³-hybridized carbons (Fsp3) is 0.727. The molecule has 0 radical (unpaired) electrons. The molecule has 1 aliphatic carbocycles. The highest BCUT2D eigenvalue weighted by molar-refractivity contribution is 5.79. The maximum absolute atomic E-state index is 11.9. The Morgan fingerprint density at radius 3 is 2.44 bits per heavy atom. The van der Waals surface area contributed by atoms with Gasteiger partial charge in [0.2, 0.25) is 0 Å². The number of hydrogen-bond donors (Lipinski definition) is 2. The molecule has 0 aromatic heterocycles. The summed E-state index contributed by atoms with van der Waals surface area (Å²) < 4.78 is 23.8. The van der Waals surface area contributed by atoms with Crippen LogP contribution in [0.25, 0.3) is 0 Å². The molecule has 0 aromatic carbocycles. The molecular weight excluding hydrogens is 212 g/mol. The summed E-state index contributed by atoms with van der Waals surface area (Å²) in [4.78, 5) is 3.68. The summed E-state index contributed by atoms with van der Waals surface area (Å²) in [6.45, 7) is -0.455. The predicted octanol–water partition coefficient (Wildman–Crippen LogP) is 1.68.